The molecule has 1 aliphatic rings. The SMILES string of the molecule is COc1cccc(-n2nnc(C(=O)N[C@@H](C)[C@@H]3CCCO3)c2C)c1. The van der Waals surface area contributed by atoms with Gasteiger partial charge in [0.25, 0.3) is 5.91 Å². The van der Waals surface area contributed by atoms with Crippen LogP contribution >= 0.6 is 0 Å². The van der Waals surface area contributed by atoms with Gasteiger partial charge in [-0.05, 0) is 38.8 Å². The van der Waals surface area contributed by atoms with Crippen LogP contribution in [0.25, 0.3) is 5.69 Å². The summed E-state index contributed by atoms with van der Waals surface area (Å²) >= 11 is 0. The van der Waals surface area contributed by atoms with Crippen molar-refractivity contribution in [3.63, 3.8) is 0 Å². The number of benzene rings is 1. The molecule has 3 rings (SSSR count). The number of nitrogens with zero attached hydrogens (tertiary/aromatic N) is 3. The summed E-state index contributed by atoms with van der Waals surface area (Å²) in [5, 5.41) is 11.1. The largest absolute Gasteiger partial charge is 0.497 e. The Hall–Kier alpha value is -2.41. The summed E-state index contributed by atoms with van der Waals surface area (Å²) in [7, 11) is 1.61. The first-order chi connectivity index (χ1) is 11.6. The van der Waals surface area contributed by atoms with Gasteiger partial charge in [0, 0.05) is 12.7 Å². The monoisotopic (exact) mass is 330 g/mol. The van der Waals surface area contributed by atoms with E-state index >= 15 is 0 Å². The Morgan fingerprint density at radius 1 is 1.50 bits per heavy atom. The van der Waals surface area contributed by atoms with E-state index in [9.17, 15) is 4.79 Å². The van der Waals surface area contributed by atoms with Crippen LogP contribution in [0, 0.1) is 6.92 Å². The zero-order chi connectivity index (χ0) is 17.1. The van der Waals surface area contributed by atoms with Gasteiger partial charge in [0.05, 0.1) is 30.6 Å². The fraction of sp³-hybridized carbons (Fsp3) is 0.471. The van der Waals surface area contributed by atoms with Gasteiger partial charge in [-0.1, -0.05) is 11.3 Å². The number of hydrogen-bond donors (Lipinski definition) is 1. The second-order valence-corrected chi connectivity index (χ2v) is 5.95. The molecule has 1 fully saturated rings. The second kappa shape index (κ2) is 7.00. The maximum atomic E-state index is 12.5. The number of ether oxygens (including phenoxy) is 2. The van der Waals surface area contributed by atoms with Crippen LogP contribution in [0.3, 0.4) is 0 Å². The Labute approximate surface area is 141 Å². The van der Waals surface area contributed by atoms with Gasteiger partial charge in [0.15, 0.2) is 5.69 Å². The third-order valence-electron chi connectivity index (χ3n) is 4.29. The quantitative estimate of drug-likeness (QED) is 0.905. The molecule has 7 heteroatoms. The van der Waals surface area contributed by atoms with Crippen LogP contribution in [-0.2, 0) is 4.74 Å². The summed E-state index contributed by atoms with van der Waals surface area (Å²) in [5.74, 6) is 0.491. The van der Waals surface area contributed by atoms with Crippen molar-refractivity contribution in [1.82, 2.24) is 20.3 Å². The highest BCUT2D eigenvalue weighted by atomic mass is 16.5. The molecule has 0 saturated carbocycles. The minimum absolute atomic E-state index is 0.0543. The normalized spacial score (nSPS) is 18.4. The topological polar surface area (TPSA) is 78.3 Å². The van der Waals surface area contributed by atoms with Crippen molar-refractivity contribution in [1.29, 1.82) is 0 Å². The van der Waals surface area contributed by atoms with Crippen LogP contribution in [0.15, 0.2) is 24.3 Å². The smallest absolute Gasteiger partial charge is 0.274 e. The number of methoxy groups -OCH3 is 1. The summed E-state index contributed by atoms with van der Waals surface area (Å²) in [6.45, 7) is 4.54. The van der Waals surface area contributed by atoms with Crippen LogP contribution < -0.4 is 10.1 Å². The number of aromatic nitrogens is 3. The van der Waals surface area contributed by atoms with E-state index < -0.39 is 0 Å². The predicted molar refractivity (Wildman–Crippen MR) is 88.6 cm³/mol. The minimum atomic E-state index is -0.232. The van der Waals surface area contributed by atoms with E-state index in [2.05, 4.69) is 15.6 Å². The van der Waals surface area contributed by atoms with Crippen LogP contribution in [0.2, 0.25) is 0 Å². The summed E-state index contributed by atoms with van der Waals surface area (Å²) in [6, 6.07) is 7.40. The fourth-order valence-corrected chi connectivity index (χ4v) is 2.89. The highest BCUT2D eigenvalue weighted by Crippen LogP contribution is 2.19. The Kier molecular flexibility index (Phi) is 4.80. The van der Waals surface area contributed by atoms with E-state index in [4.69, 9.17) is 9.47 Å². The van der Waals surface area contributed by atoms with E-state index in [1.165, 1.54) is 0 Å². The predicted octanol–water partition coefficient (Wildman–Crippen LogP) is 1.88. The van der Waals surface area contributed by atoms with Gasteiger partial charge < -0.3 is 14.8 Å². The van der Waals surface area contributed by atoms with E-state index in [0.717, 1.165) is 30.9 Å². The molecular weight excluding hydrogens is 308 g/mol. The summed E-state index contributed by atoms with van der Waals surface area (Å²) in [5.41, 5.74) is 1.80. The standard InChI is InChI=1S/C17H22N4O3/c1-11(15-8-5-9-24-15)18-17(22)16-12(2)21(20-19-16)13-6-4-7-14(10-13)23-3/h4,6-7,10-11,15H,5,8-9H2,1-3H3,(H,18,22)/t11-,15-/m0/s1. The zero-order valence-corrected chi connectivity index (χ0v) is 14.2. The molecule has 1 aromatic heterocycles. The Bertz CT molecular complexity index is 722. The maximum Gasteiger partial charge on any atom is 0.274 e. The molecule has 2 heterocycles. The van der Waals surface area contributed by atoms with Crippen LogP contribution in [-0.4, -0.2) is 46.8 Å². The molecular formula is C17H22N4O3. The van der Waals surface area contributed by atoms with E-state index in [1.807, 2.05) is 38.1 Å². The summed E-state index contributed by atoms with van der Waals surface area (Å²) in [4.78, 5) is 12.5. The van der Waals surface area contributed by atoms with Gasteiger partial charge in [-0.15, -0.1) is 5.10 Å². The highest BCUT2D eigenvalue weighted by Gasteiger charge is 2.26. The van der Waals surface area contributed by atoms with Crippen molar-refractivity contribution in [2.75, 3.05) is 13.7 Å². The molecule has 2 aromatic rings. The van der Waals surface area contributed by atoms with E-state index in [0.29, 0.717) is 11.4 Å². The second-order valence-electron chi connectivity index (χ2n) is 5.95. The van der Waals surface area contributed by atoms with E-state index in [-0.39, 0.29) is 18.1 Å². The van der Waals surface area contributed by atoms with Gasteiger partial charge in [0.1, 0.15) is 5.75 Å². The summed E-state index contributed by atoms with van der Waals surface area (Å²) < 4.78 is 12.5. The van der Waals surface area contributed by atoms with Crippen LogP contribution in [0.5, 0.6) is 5.75 Å². The molecule has 24 heavy (non-hydrogen) atoms. The number of carbonyl (C=O) groups is 1. The van der Waals surface area contributed by atoms with Crippen molar-refractivity contribution >= 4 is 5.91 Å². The Morgan fingerprint density at radius 2 is 2.33 bits per heavy atom. The van der Waals surface area contributed by atoms with E-state index in [1.54, 1.807) is 11.8 Å². The number of amides is 1. The molecule has 0 radical (unpaired) electrons. The molecule has 0 bridgehead atoms. The number of hydrogen-bond acceptors (Lipinski definition) is 5. The molecule has 1 amide bonds. The van der Waals surface area contributed by atoms with Crippen molar-refractivity contribution in [3.05, 3.63) is 35.7 Å². The van der Waals surface area contributed by atoms with Crippen molar-refractivity contribution in [3.8, 4) is 11.4 Å². The van der Waals surface area contributed by atoms with Gasteiger partial charge in [-0.25, -0.2) is 4.68 Å². The Balaban J connectivity index is 1.77. The van der Waals surface area contributed by atoms with Crippen LogP contribution in [0.1, 0.15) is 35.9 Å². The van der Waals surface area contributed by atoms with Crippen LogP contribution in [0.4, 0.5) is 0 Å². The third kappa shape index (κ3) is 3.26. The van der Waals surface area contributed by atoms with Crippen molar-refractivity contribution in [2.24, 2.45) is 0 Å². The molecule has 2 atom stereocenters. The maximum absolute atomic E-state index is 12.5. The average molecular weight is 330 g/mol. The van der Waals surface area contributed by atoms with Gasteiger partial charge in [-0.2, -0.15) is 0 Å². The molecule has 7 nitrogen and oxygen atoms in total. The molecule has 1 aliphatic heterocycles. The average Bonchev–Trinajstić information content (AvgIpc) is 3.24. The number of nitrogens with one attached hydrogen (secondary N) is 1. The molecule has 0 spiro atoms. The number of carbonyl (C=O) groups excluding carboxylic acids is 1. The fourth-order valence-electron chi connectivity index (χ4n) is 2.89. The summed E-state index contributed by atoms with van der Waals surface area (Å²) in [6.07, 6.45) is 2.08. The molecule has 0 aliphatic carbocycles. The van der Waals surface area contributed by atoms with Gasteiger partial charge in [-0.3, -0.25) is 4.79 Å². The van der Waals surface area contributed by atoms with Crippen molar-refractivity contribution < 1.29 is 14.3 Å². The lowest BCUT2D eigenvalue weighted by Crippen LogP contribution is -2.41. The lowest BCUT2D eigenvalue weighted by Gasteiger charge is -2.19. The molecule has 1 N–H and O–H groups in total. The lowest BCUT2D eigenvalue weighted by molar-refractivity contribution is 0.0709. The first-order valence-corrected chi connectivity index (χ1v) is 8.09. The first-order valence-electron chi connectivity index (χ1n) is 8.09. The minimum Gasteiger partial charge on any atom is -0.497 e. The number of rotatable bonds is 5. The molecule has 1 saturated heterocycles. The Morgan fingerprint density at radius 3 is 3.04 bits per heavy atom. The first kappa shape index (κ1) is 16.4. The van der Waals surface area contributed by atoms with Gasteiger partial charge >= 0.3 is 0 Å². The third-order valence-corrected chi connectivity index (χ3v) is 4.29. The van der Waals surface area contributed by atoms with Crippen molar-refractivity contribution in [2.45, 2.75) is 38.8 Å². The molecule has 128 valence electrons. The molecule has 0 unspecified atom stereocenters. The zero-order valence-electron chi connectivity index (χ0n) is 14.2. The lowest BCUT2D eigenvalue weighted by atomic mass is 10.1. The molecule has 1 aromatic carbocycles. The highest BCUT2D eigenvalue weighted by molar-refractivity contribution is 5.93. The van der Waals surface area contributed by atoms with Gasteiger partial charge in [0.2, 0.25) is 0 Å².